The van der Waals surface area contributed by atoms with Gasteiger partial charge in [0.1, 0.15) is 28.3 Å². The van der Waals surface area contributed by atoms with E-state index < -0.39 is 29.1 Å². The number of fused-ring (bicyclic) bond motifs is 1. The molecule has 1 saturated heterocycles. The highest BCUT2D eigenvalue weighted by Crippen LogP contribution is 2.33. The summed E-state index contributed by atoms with van der Waals surface area (Å²) in [5.74, 6) is 0.315. The van der Waals surface area contributed by atoms with E-state index in [1.165, 1.54) is 23.3 Å². The molecule has 0 spiro atoms. The molecule has 258 valence electrons. The summed E-state index contributed by atoms with van der Waals surface area (Å²) in [5, 5.41) is 13.1. The summed E-state index contributed by atoms with van der Waals surface area (Å²) < 4.78 is 11.8. The second-order valence-corrected chi connectivity index (χ2v) is 15.2. The summed E-state index contributed by atoms with van der Waals surface area (Å²) in [6.07, 6.45) is 12.7. The Balaban J connectivity index is 1.36. The smallest absolute Gasteiger partial charge is 0.410 e. The van der Waals surface area contributed by atoms with Crippen LogP contribution in [0.4, 0.5) is 4.79 Å². The molecule has 2 heterocycles. The number of ether oxygens (including phenoxy) is 2. The van der Waals surface area contributed by atoms with Crippen molar-refractivity contribution in [3.05, 3.63) is 76.3 Å². The van der Waals surface area contributed by atoms with Gasteiger partial charge in [0.05, 0.1) is 0 Å². The number of allylic oxidation sites excluding steroid dienone is 2. The highest BCUT2D eigenvalue weighted by atomic mass is 16.6. The molecule has 2 aromatic rings. The summed E-state index contributed by atoms with van der Waals surface area (Å²) in [6, 6.07) is 10.0. The van der Waals surface area contributed by atoms with Gasteiger partial charge in [-0.2, -0.15) is 0 Å². The highest BCUT2D eigenvalue weighted by Gasteiger charge is 2.45. The minimum absolute atomic E-state index is 0.0641. The van der Waals surface area contributed by atoms with Crippen LogP contribution in [0.15, 0.2) is 48.2 Å². The van der Waals surface area contributed by atoms with Gasteiger partial charge in [-0.05, 0) is 111 Å². The van der Waals surface area contributed by atoms with Gasteiger partial charge in [0.25, 0.3) is 5.91 Å². The van der Waals surface area contributed by atoms with Crippen LogP contribution in [0.3, 0.4) is 0 Å². The van der Waals surface area contributed by atoms with Crippen molar-refractivity contribution in [1.82, 2.24) is 15.2 Å². The molecule has 0 unspecified atom stereocenters. The van der Waals surface area contributed by atoms with E-state index in [4.69, 9.17) is 14.5 Å². The second kappa shape index (κ2) is 14.1. The zero-order valence-electron chi connectivity index (χ0n) is 29.4. The van der Waals surface area contributed by atoms with Gasteiger partial charge in [0, 0.05) is 18.8 Å². The SMILES string of the molecule is CCC(C)(C)c1ccc(OC2=CCc3c(cc(C(=O)NC4(C(=O)O)CCN(C(=O)OC(C)(C)C)CC4)nc3CC3CCCC3)C=C2)cc1. The van der Waals surface area contributed by atoms with Gasteiger partial charge in [-0.1, -0.05) is 64.7 Å². The van der Waals surface area contributed by atoms with Crippen LogP contribution in [0.2, 0.25) is 0 Å². The van der Waals surface area contributed by atoms with Crippen LogP contribution in [0.5, 0.6) is 5.75 Å². The summed E-state index contributed by atoms with van der Waals surface area (Å²) in [6.45, 7) is 12.3. The predicted molar refractivity (Wildman–Crippen MR) is 186 cm³/mol. The monoisotopic (exact) mass is 657 g/mol. The Morgan fingerprint density at radius 3 is 2.29 bits per heavy atom. The van der Waals surface area contributed by atoms with Crippen molar-refractivity contribution in [3.63, 3.8) is 0 Å². The second-order valence-electron chi connectivity index (χ2n) is 15.2. The van der Waals surface area contributed by atoms with Gasteiger partial charge in [-0.3, -0.25) is 4.79 Å². The van der Waals surface area contributed by atoms with Crippen LogP contribution in [-0.4, -0.2) is 57.2 Å². The van der Waals surface area contributed by atoms with Crippen molar-refractivity contribution in [2.24, 2.45) is 5.92 Å². The Kier molecular flexibility index (Phi) is 10.4. The van der Waals surface area contributed by atoms with Gasteiger partial charge < -0.3 is 24.8 Å². The number of pyridine rings is 1. The van der Waals surface area contributed by atoms with Crippen LogP contribution in [0, 0.1) is 5.92 Å². The van der Waals surface area contributed by atoms with Gasteiger partial charge in [0.2, 0.25) is 0 Å². The summed E-state index contributed by atoms with van der Waals surface area (Å²) in [7, 11) is 0. The number of carbonyl (C=O) groups excluding carboxylic acids is 2. The molecule has 5 rings (SSSR count). The van der Waals surface area contributed by atoms with E-state index in [-0.39, 0.29) is 37.0 Å². The molecule has 1 aliphatic heterocycles. The van der Waals surface area contributed by atoms with Gasteiger partial charge in [-0.15, -0.1) is 0 Å². The van der Waals surface area contributed by atoms with Crippen LogP contribution in [0.1, 0.15) is 119 Å². The van der Waals surface area contributed by atoms with Crippen molar-refractivity contribution >= 4 is 24.0 Å². The summed E-state index contributed by atoms with van der Waals surface area (Å²) >= 11 is 0. The molecule has 2 N–H and O–H groups in total. The lowest BCUT2D eigenvalue weighted by atomic mass is 9.82. The number of aromatic nitrogens is 1. The fourth-order valence-electron chi connectivity index (χ4n) is 6.71. The minimum Gasteiger partial charge on any atom is -0.480 e. The quantitative estimate of drug-likeness (QED) is 0.285. The van der Waals surface area contributed by atoms with Crippen LogP contribution in [0.25, 0.3) is 6.08 Å². The number of hydrogen-bond donors (Lipinski definition) is 2. The third-order valence-corrected chi connectivity index (χ3v) is 10.2. The average molecular weight is 658 g/mol. The fourth-order valence-corrected chi connectivity index (χ4v) is 6.71. The number of carboxylic acid groups (broad SMARTS) is 1. The van der Waals surface area contributed by atoms with E-state index in [0.29, 0.717) is 18.1 Å². The van der Waals surface area contributed by atoms with Crippen molar-refractivity contribution in [2.45, 2.75) is 116 Å². The molecule has 1 aromatic carbocycles. The first-order chi connectivity index (χ1) is 22.7. The van der Waals surface area contributed by atoms with E-state index >= 15 is 0 Å². The molecule has 9 nitrogen and oxygen atoms in total. The third-order valence-electron chi connectivity index (χ3n) is 10.2. The van der Waals surface area contributed by atoms with E-state index in [2.05, 4.69) is 44.3 Å². The minimum atomic E-state index is -1.52. The van der Waals surface area contributed by atoms with Crippen molar-refractivity contribution in [3.8, 4) is 5.75 Å². The number of piperidine rings is 1. The van der Waals surface area contributed by atoms with Crippen molar-refractivity contribution in [2.75, 3.05) is 13.1 Å². The first-order valence-corrected chi connectivity index (χ1v) is 17.4. The largest absolute Gasteiger partial charge is 0.480 e. The number of aliphatic carboxylic acids is 1. The molecular formula is C39H51N3O6. The lowest BCUT2D eigenvalue weighted by molar-refractivity contribution is -0.146. The highest BCUT2D eigenvalue weighted by molar-refractivity contribution is 5.97. The summed E-state index contributed by atoms with van der Waals surface area (Å²) in [5.41, 5.74) is 2.19. The van der Waals surface area contributed by atoms with E-state index in [1.54, 1.807) is 26.8 Å². The van der Waals surface area contributed by atoms with E-state index in [0.717, 1.165) is 48.3 Å². The number of nitrogens with one attached hydrogen (secondary N) is 1. The molecule has 0 radical (unpaired) electrons. The Hall–Kier alpha value is -4.14. The van der Waals surface area contributed by atoms with Crippen molar-refractivity contribution < 1.29 is 29.0 Å². The molecule has 9 heteroatoms. The molecule has 1 aromatic heterocycles. The number of likely N-dealkylation sites (tertiary alicyclic amines) is 1. The molecule has 0 atom stereocenters. The zero-order valence-corrected chi connectivity index (χ0v) is 29.4. The van der Waals surface area contributed by atoms with Gasteiger partial charge in [-0.25, -0.2) is 14.6 Å². The number of benzene rings is 1. The lowest BCUT2D eigenvalue weighted by Gasteiger charge is -2.39. The van der Waals surface area contributed by atoms with Crippen LogP contribution >= 0.6 is 0 Å². The molecule has 2 amide bonds. The maximum atomic E-state index is 13.8. The maximum Gasteiger partial charge on any atom is 0.410 e. The zero-order chi connectivity index (χ0) is 34.7. The molecule has 2 fully saturated rings. The van der Waals surface area contributed by atoms with Gasteiger partial charge in [0.15, 0.2) is 0 Å². The van der Waals surface area contributed by atoms with E-state index in [9.17, 15) is 19.5 Å². The number of hydrogen-bond acceptors (Lipinski definition) is 6. The van der Waals surface area contributed by atoms with Crippen LogP contribution in [-0.2, 0) is 27.8 Å². The molecule has 0 bridgehead atoms. The normalized spacial score (nSPS) is 18.0. The number of carboxylic acids is 1. The number of rotatable bonds is 9. The average Bonchev–Trinajstić information content (AvgIpc) is 3.46. The summed E-state index contributed by atoms with van der Waals surface area (Å²) in [4.78, 5) is 45.4. The lowest BCUT2D eigenvalue weighted by Crippen LogP contribution is -2.61. The Labute approximate surface area is 284 Å². The predicted octanol–water partition coefficient (Wildman–Crippen LogP) is 7.62. The molecule has 2 aliphatic carbocycles. The number of amides is 2. The first kappa shape index (κ1) is 35.2. The Morgan fingerprint density at radius 1 is 1.02 bits per heavy atom. The number of nitrogens with zero attached hydrogens (tertiary/aromatic N) is 2. The molecule has 3 aliphatic rings. The fraction of sp³-hybridized carbons (Fsp3) is 0.538. The van der Waals surface area contributed by atoms with E-state index in [1.807, 2.05) is 24.3 Å². The Bertz CT molecular complexity index is 1570. The van der Waals surface area contributed by atoms with Crippen molar-refractivity contribution in [1.29, 1.82) is 0 Å². The topological polar surface area (TPSA) is 118 Å². The molecule has 1 saturated carbocycles. The molecular weight excluding hydrogens is 606 g/mol. The molecule has 48 heavy (non-hydrogen) atoms. The third kappa shape index (κ3) is 8.28. The number of carbonyl (C=O) groups is 3. The van der Waals surface area contributed by atoms with Crippen LogP contribution < -0.4 is 10.1 Å². The first-order valence-electron chi connectivity index (χ1n) is 17.4. The van der Waals surface area contributed by atoms with Gasteiger partial charge >= 0.3 is 12.1 Å². The maximum absolute atomic E-state index is 13.8. The Morgan fingerprint density at radius 2 is 1.69 bits per heavy atom. The standard InChI is InChI=1S/C39H51N3O6/c1-7-38(5,6)28-13-16-30(17-14-28)47-29-15-12-27-25-33(40-32(31(27)19-18-29)24-26-10-8-9-11-26)34(43)41-39(35(44)45)20-22-42(23-21-39)36(46)48-37(2,3)4/h12-18,25-26H,7-11,19-24H2,1-6H3,(H,41,43)(H,44,45).